The first-order valence-corrected chi connectivity index (χ1v) is 9.29. The van der Waals surface area contributed by atoms with Gasteiger partial charge in [0, 0.05) is 51.0 Å². The smallest absolute Gasteiger partial charge is 0.272 e. The summed E-state index contributed by atoms with van der Waals surface area (Å²) in [6.07, 6.45) is 0.948. The second kappa shape index (κ2) is 6.98. The van der Waals surface area contributed by atoms with E-state index in [-0.39, 0.29) is 11.8 Å². The van der Waals surface area contributed by atoms with Crippen molar-refractivity contribution in [2.24, 2.45) is 0 Å². The first-order chi connectivity index (χ1) is 13.0. The van der Waals surface area contributed by atoms with Crippen LogP contribution in [0.1, 0.15) is 28.7 Å². The van der Waals surface area contributed by atoms with Gasteiger partial charge in [-0.05, 0) is 31.0 Å². The third-order valence-corrected chi connectivity index (χ3v) is 5.20. The van der Waals surface area contributed by atoms with Crippen molar-refractivity contribution in [3.63, 3.8) is 0 Å². The van der Waals surface area contributed by atoms with Gasteiger partial charge in [-0.1, -0.05) is 18.2 Å². The molecular formula is C20H23N5O2. The Morgan fingerprint density at radius 2 is 1.67 bits per heavy atom. The predicted molar refractivity (Wildman–Crippen MR) is 102 cm³/mol. The number of carbonyl (C=O) groups excluding carboxylic acids is 2. The number of para-hydroxylation sites is 1. The van der Waals surface area contributed by atoms with Gasteiger partial charge in [0.05, 0.1) is 0 Å². The molecule has 140 valence electrons. The van der Waals surface area contributed by atoms with Gasteiger partial charge in [-0.25, -0.2) is 9.97 Å². The number of aromatic nitrogens is 2. The van der Waals surface area contributed by atoms with Gasteiger partial charge in [-0.15, -0.1) is 0 Å². The molecule has 0 unspecified atom stereocenters. The van der Waals surface area contributed by atoms with E-state index in [1.165, 1.54) is 5.56 Å². The quantitative estimate of drug-likeness (QED) is 0.811. The zero-order valence-corrected chi connectivity index (χ0v) is 15.7. The Hall–Kier alpha value is -2.96. The van der Waals surface area contributed by atoms with Crippen molar-refractivity contribution in [1.82, 2.24) is 19.8 Å². The number of nitrogens with zero attached hydrogens (tertiary/aromatic N) is 5. The van der Waals surface area contributed by atoms with Crippen molar-refractivity contribution < 1.29 is 9.59 Å². The van der Waals surface area contributed by atoms with E-state index >= 15 is 0 Å². The summed E-state index contributed by atoms with van der Waals surface area (Å²) in [6.45, 7) is 6.46. The molecule has 2 aromatic rings. The maximum Gasteiger partial charge on any atom is 0.272 e. The minimum Gasteiger partial charge on any atom is -0.339 e. The lowest BCUT2D eigenvalue weighted by Gasteiger charge is -2.34. The normalized spacial score (nSPS) is 16.4. The van der Waals surface area contributed by atoms with Crippen molar-refractivity contribution in [3.05, 3.63) is 47.3 Å². The van der Waals surface area contributed by atoms with Crippen LogP contribution in [0.2, 0.25) is 0 Å². The van der Waals surface area contributed by atoms with Crippen LogP contribution in [0.3, 0.4) is 0 Å². The van der Waals surface area contributed by atoms with Crippen molar-refractivity contribution in [1.29, 1.82) is 0 Å². The minimum absolute atomic E-state index is 0.0509. The van der Waals surface area contributed by atoms with Gasteiger partial charge < -0.3 is 14.7 Å². The molecule has 7 nitrogen and oxygen atoms in total. The highest BCUT2D eigenvalue weighted by atomic mass is 16.2. The van der Waals surface area contributed by atoms with E-state index in [9.17, 15) is 9.59 Å². The summed E-state index contributed by atoms with van der Waals surface area (Å²) in [5.74, 6) is 0.526. The molecule has 0 N–H and O–H groups in total. The van der Waals surface area contributed by atoms with Crippen LogP contribution in [-0.2, 0) is 11.2 Å². The summed E-state index contributed by atoms with van der Waals surface area (Å²) in [6, 6.07) is 9.97. The van der Waals surface area contributed by atoms with Crippen LogP contribution < -0.4 is 4.90 Å². The standard InChI is InChI=1S/C20H23N5O2/c1-14-13-17(19(27)24-11-9-23(10-12-24)15(2)26)22-20(21-14)25-8-7-16-5-3-4-6-18(16)25/h3-6,13H,7-12H2,1-2H3. The lowest BCUT2D eigenvalue weighted by molar-refractivity contribution is -0.130. The van der Waals surface area contributed by atoms with Gasteiger partial charge in [0.25, 0.3) is 5.91 Å². The Balaban J connectivity index is 1.57. The second-order valence-corrected chi connectivity index (χ2v) is 7.02. The Labute approximate surface area is 158 Å². The number of anilines is 2. The molecule has 0 spiro atoms. The van der Waals surface area contributed by atoms with Crippen LogP contribution in [0.5, 0.6) is 0 Å². The lowest BCUT2D eigenvalue weighted by atomic mass is 10.2. The molecule has 3 heterocycles. The summed E-state index contributed by atoms with van der Waals surface area (Å²) in [5.41, 5.74) is 3.57. The molecule has 1 aromatic heterocycles. The minimum atomic E-state index is -0.0996. The van der Waals surface area contributed by atoms with Crippen molar-refractivity contribution in [2.45, 2.75) is 20.3 Å². The fourth-order valence-electron chi connectivity index (χ4n) is 3.72. The van der Waals surface area contributed by atoms with Crippen LogP contribution in [0, 0.1) is 6.92 Å². The molecule has 7 heteroatoms. The molecular weight excluding hydrogens is 342 g/mol. The summed E-state index contributed by atoms with van der Waals surface area (Å²) in [4.78, 5) is 39.2. The maximum atomic E-state index is 13.0. The molecule has 0 saturated carbocycles. The fraction of sp³-hybridized carbons (Fsp3) is 0.400. The number of benzene rings is 1. The molecule has 2 amide bonds. The number of piperazine rings is 1. The zero-order chi connectivity index (χ0) is 19.0. The Morgan fingerprint density at radius 1 is 0.963 bits per heavy atom. The molecule has 1 saturated heterocycles. The number of hydrogen-bond acceptors (Lipinski definition) is 5. The van der Waals surface area contributed by atoms with E-state index < -0.39 is 0 Å². The van der Waals surface area contributed by atoms with E-state index in [0.29, 0.717) is 37.8 Å². The molecule has 0 aliphatic carbocycles. The molecule has 1 aromatic carbocycles. The topological polar surface area (TPSA) is 69.6 Å². The van der Waals surface area contributed by atoms with Crippen LogP contribution in [0.15, 0.2) is 30.3 Å². The number of rotatable bonds is 2. The highest BCUT2D eigenvalue weighted by molar-refractivity contribution is 5.93. The lowest BCUT2D eigenvalue weighted by Crippen LogP contribution is -2.50. The number of hydrogen-bond donors (Lipinski definition) is 0. The fourth-order valence-corrected chi connectivity index (χ4v) is 3.72. The van der Waals surface area contributed by atoms with Gasteiger partial charge >= 0.3 is 0 Å². The number of carbonyl (C=O) groups is 2. The summed E-state index contributed by atoms with van der Waals surface area (Å²) >= 11 is 0. The molecule has 2 aliphatic heterocycles. The first-order valence-electron chi connectivity index (χ1n) is 9.29. The number of aryl methyl sites for hydroxylation is 1. The van der Waals surface area contributed by atoms with Crippen molar-refractivity contribution in [2.75, 3.05) is 37.6 Å². The van der Waals surface area contributed by atoms with Crippen molar-refractivity contribution in [3.8, 4) is 0 Å². The van der Waals surface area contributed by atoms with Gasteiger partial charge in [0.2, 0.25) is 11.9 Å². The van der Waals surface area contributed by atoms with E-state index in [1.807, 2.05) is 19.1 Å². The van der Waals surface area contributed by atoms with Gasteiger partial charge in [-0.3, -0.25) is 9.59 Å². The first kappa shape index (κ1) is 17.5. The SMILES string of the molecule is CC(=O)N1CCN(C(=O)c2cc(C)nc(N3CCc4ccccc43)n2)CC1. The molecule has 27 heavy (non-hydrogen) atoms. The van der Waals surface area contributed by atoms with Gasteiger partial charge in [0.15, 0.2) is 0 Å². The molecule has 0 atom stereocenters. The van der Waals surface area contributed by atoms with Crippen LogP contribution in [0.25, 0.3) is 0 Å². The average molecular weight is 365 g/mol. The van der Waals surface area contributed by atoms with Gasteiger partial charge in [0.1, 0.15) is 5.69 Å². The van der Waals surface area contributed by atoms with E-state index in [2.05, 4.69) is 27.0 Å². The summed E-state index contributed by atoms with van der Waals surface area (Å²) in [5, 5.41) is 0. The highest BCUT2D eigenvalue weighted by Crippen LogP contribution is 2.32. The van der Waals surface area contributed by atoms with E-state index in [0.717, 1.165) is 24.3 Å². The molecule has 2 aliphatic rings. The molecule has 4 rings (SSSR count). The zero-order valence-electron chi connectivity index (χ0n) is 15.7. The van der Waals surface area contributed by atoms with E-state index in [1.54, 1.807) is 22.8 Å². The van der Waals surface area contributed by atoms with Gasteiger partial charge in [-0.2, -0.15) is 0 Å². The molecule has 0 radical (unpaired) electrons. The van der Waals surface area contributed by atoms with Crippen LogP contribution in [0.4, 0.5) is 11.6 Å². The largest absolute Gasteiger partial charge is 0.339 e. The maximum absolute atomic E-state index is 13.0. The predicted octanol–water partition coefficient (Wildman–Crippen LogP) is 1.78. The average Bonchev–Trinajstić information content (AvgIpc) is 3.11. The summed E-state index contributed by atoms with van der Waals surface area (Å²) < 4.78 is 0. The van der Waals surface area contributed by atoms with Crippen molar-refractivity contribution >= 4 is 23.5 Å². The molecule has 0 bridgehead atoms. The Bertz CT molecular complexity index is 890. The third-order valence-electron chi connectivity index (χ3n) is 5.20. The highest BCUT2D eigenvalue weighted by Gasteiger charge is 2.27. The Morgan fingerprint density at radius 3 is 2.41 bits per heavy atom. The number of fused-ring (bicyclic) bond motifs is 1. The Kier molecular flexibility index (Phi) is 4.51. The van der Waals surface area contributed by atoms with E-state index in [4.69, 9.17) is 0 Å². The summed E-state index contributed by atoms with van der Waals surface area (Å²) in [7, 11) is 0. The second-order valence-electron chi connectivity index (χ2n) is 7.02. The molecule has 1 fully saturated rings. The monoisotopic (exact) mass is 365 g/mol. The number of amides is 2. The van der Waals surface area contributed by atoms with Crippen LogP contribution in [-0.4, -0.2) is 64.3 Å². The third kappa shape index (κ3) is 3.37. The van der Waals surface area contributed by atoms with Crippen LogP contribution >= 0.6 is 0 Å².